The third kappa shape index (κ3) is 13.6. The maximum Gasteiger partial charge on any atom is 0.319 e. The van der Waals surface area contributed by atoms with Crippen LogP contribution in [0.2, 0.25) is 0 Å². The van der Waals surface area contributed by atoms with Crippen molar-refractivity contribution in [2.45, 2.75) is 39.8 Å². The van der Waals surface area contributed by atoms with Crippen LogP contribution in [0.1, 0.15) is 32.8 Å². The summed E-state index contributed by atoms with van der Waals surface area (Å²) in [5, 5.41) is 12.3. The first kappa shape index (κ1) is 28.4. The number of aliphatic imine (C=N–C) groups is 1. The summed E-state index contributed by atoms with van der Waals surface area (Å²) in [6.45, 7) is 10.8. The molecule has 2 amide bonds. The molecule has 0 atom stereocenters. The number of likely N-dealkylation sites (N-methyl/N-ethyl adjacent to an activating group) is 1. The Hall–Kier alpha value is -1.59. The van der Waals surface area contributed by atoms with Crippen molar-refractivity contribution in [3.05, 3.63) is 29.8 Å². The Morgan fingerprint density at radius 2 is 1.87 bits per heavy atom. The first-order valence-electron chi connectivity index (χ1n) is 10.3. The number of hydrogen-bond acceptors (Lipinski definition) is 4. The van der Waals surface area contributed by atoms with E-state index in [0.717, 1.165) is 56.4 Å². The van der Waals surface area contributed by atoms with Crippen LogP contribution < -0.4 is 21.3 Å². The quantitative estimate of drug-likeness (QED) is 0.143. The van der Waals surface area contributed by atoms with Gasteiger partial charge < -0.3 is 30.9 Å². The summed E-state index contributed by atoms with van der Waals surface area (Å²) < 4.78 is 5.09. The first-order valence-corrected chi connectivity index (χ1v) is 10.3. The highest BCUT2D eigenvalue weighted by atomic mass is 127. The Balaban J connectivity index is 0.00000841. The highest BCUT2D eigenvalue weighted by Crippen LogP contribution is 2.10. The summed E-state index contributed by atoms with van der Waals surface area (Å²) in [5.41, 5.74) is 1.84. The van der Waals surface area contributed by atoms with Crippen molar-refractivity contribution < 1.29 is 9.53 Å². The van der Waals surface area contributed by atoms with Gasteiger partial charge in [-0.05, 0) is 51.9 Å². The molecule has 0 spiro atoms. The number of nitrogens with zero attached hydrogens (tertiary/aromatic N) is 2. The molecule has 8 nitrogen and oxygen atoms in total. The van der Waals surface area contributed by atoms with E-state index in [2.05, 4.69) is 45.1 Å². The SMILES string of the molecule is CCNC(=NCc1ccc(NC(=O)NC(C)C)cc1)NCCN(C)CCCOC.I. The Morgan fingerprint density at radius 1 is 1.17 bits per heavy atom. The summed E-state index contributed by atoms with van der Waals surface area (Å²) >= 11 is 0. The smallest absolute Gasteiger partial charge is 0.319 e. The number of rotatable bonds is 12. The molecule has 0 aliphatic heterocycles. The topological polar surface area (TPSA) is 90.0 Å². The second-order valence-corrected chi connectivity index (χ2v) is 7.22. The van der Waals surface area contributed by atoms with E-state index in [1.807, 2.05) is 38.1 Å². The summed E-state index contributed by atoms with van der Waals surface area (Å²) in [6.07, 6.45) is 1.03. The monoisotopic (exact) mass is 534 g/mol. The van der Waals surface area contributed by atoms with Gasteiger partial charge in [0.05, 0.1) is 6.54 Å². The number of urea groups is 1. The van der Waals surface area contributed by atoms with Gasteiger partial charge in [0, 0.05) is 51.6 Å². The Kier molecular flexibility index (Phi) is 16.2. The lowest BCUT2D eigenvalue weighted by Crippen LogP contribution is -2.41. The lowest BCUT2D eigenvalue weighted by atomic mass is 10.2. The van der Waals surface area contributed by atoms with Crippen LogP contribution in [0.3, 0.4) is 0 Å². The number of nitrogens with one attached hydrogen (secondary N) is 4. The number of benzene rings is 1. The molecular weight excluding hydrogens is 495 g/mol. The summed E-state index contributed by atoms with van der Waals surface area (Å²) in [5.74, 6) is 0.802. The predicted octanol–water partition coefficient (Wildman–Crippen LogP) is 2.86. The molecule has 0 aliphatic rings. The molecule has 0 aliphatic carbocycles. The summed E-state index contributed by atoms with van der Waals surface area (Å²) in [4.78, 5) is 18.7. The second kappa shape index (κ2) is 17.1. The van der Waals surface area contributed by atoms with Crippen LogP contribution in [0.4, 0.5) is 10.5 Å². The first-order chi connectivity index (χ1) is 13.9. The minimum atomic E-state index is -0.198. The standard InChI is InChI=1S/C21H38N6O2.HI/c1-6-22-20(23-12-14-27(4)13-7-15-29-5)24-16-18-8-10-19(11-9-18)26-21(28)25-17(2)3;/h8-11,17H,6-7,12-16H2,1-5H3,(H2,22,23,24)(H2,25,26,28);1H. The highest BCUT2D eigenvalue weighted by Gasteiger charge is 2.04. The van der Waals surface area contributed by atoms with Crippen LogP contribution in [0.25, 0.3) is 0 Å². The van der Waals surface area contributed by atoms with Gasteiger partial charge in [0.15, 0.2) is 5.96 Å². The van der Waals surface area contributed by atoms with Crippen LogP contribution in [0, 0.1) is 0 Å². The van der Waals surface area contributed by atoms with Gasteiger partial charge in [-0.3, -0.25) is 0 Å². The van der Waals surface area contributed by atoms with Gasteiger partial charge in [-0.25, -0.2) is 9.79 Å². The van der Waals surface area contributed by atoms with Crippen LogP contribution in [-0.2, 0) is 11.3 Å². The van der Waals surface area contributed by atoms with Crippen molar-refractivity contribution in [3.8, 4) is 0 Å². The number of anilines is 1. The molecule has 9 heteroatoms. The predicted molar refractivity (Wildman–Crippen MR) is 136 cm³/mol. The molecule has 4 N–H and O–H groups in total. The molecule has 0 bridgehead atoms. The lowest BCUT2D eigenvalue weighted by Gasteiger charge is -2.18. The number of amides is 2. The number of guanidine groups is 1. The molecule has 0 fully saturated rings. The van der Waals surface area contributed by atoms with Crippen LogP contribution >= 0.6 is 24.0 Å². The summed E-state index contributed by atoms with van der Waals surface area (Å²) in [7, 11) is 3.84. The molecule has 0 radical (unpaired) electrons. The number of hydrogen-bond donors (Lipinski definition) is 4. The third-order valence-electron chi connectivity index (χ3n) is 4.07. The minimum absolute atomic E-state index is 0. The largest absolute Gasteiger partial charge is 0.385 e. The molecular formula is C21H39IN6O2. The van der Waals surface area contributed by atoms with E-state index in [9.17, 15) is 4.79 Å². The molecule has 0 saturated carbocycles. The molecule has 30 heavy (non-hydrogen) atoms. The summed E-state index contributed by atoms with van der Waals surface area (Å²) in [6, 6.07) is 7.63. The van der Waals surface area contributed by atoms with Crippen molar-refractivity contribution in [2.75, 3.05) is 52.3 Å². The molecule has 1 rings (SSSR count). The molecule has 0 heterocycles. The second-order valence-electron chi connectivity index (χ2n) is 7.22. The van der Waals surface area contributed by atoms with E-state index in [1.165, 1.54) is 0 Å². The van der Waals surface area contributed by atoms with Gasteiger partial charge in [-0.1, -0.05) is 12.1 Å². The van der Waals surface area contributed by atoms with E-state index in [-0.39, 0.29) is 36.0 Å². The van der Waals surface area contributed by atoms with Gasteiger partial charge in [-0.2, -0.15) is 0 Å². The minimum Gasteiger partial charge on any atom is -0.385 e. The molecule has 1 aromatic rings. The van der Waals surface area contributed by atoms with E-state index >= 15 is 0 Å². The zero-order valence-corrected chi connectivity index (χ0v) is 21.3. The van der Waals surface area contributed by atoms with E-state index < -0.39 is 0 Å². The Bertz CT molecular complexity index is 610. The molecule has 0 aromatic heterocycles. The van der Waals surface area contributed by atoms with Gasteiger partial charge in [-0.15, -0.1) is 24.0 Å². The lowest BCUT2D eigenvalue weighted by molar-refractivity contribution is 0.180. The number of carbonyl (C=O) groups excluding carboxylic acids is 1. The highest BCUT2D eigenvalue weighted by molar-refractivity contribution is 14.0. The fraction of sp³-hybridized carbons (Fsp3) is 0.619. The van der Waals surface area contributed by atoms with Crippen molar-refractivity contribution >= 4 is 41.7 Å². The van der Waals surface area contributed by atoms with Crippen molar-refractivity contribution in [3.63, 3.8) is 0 Å². The number of ether oxygens (including phenoxy) is 1. The molecule has 1 aromatic carbocycles. The molecule has 0 unspecified atom stereocenters. The molecule has 0 saturated heterocycles. The van der Waals surface area contributed by atoms with Crippen LogP contribution in [0.15, 0.2) is 29.3 Å². The fourth-order valence-corrected chi connectivity index (χ4v) is 2.59. The zero-order chi connectivity index (χ0) is 21.5. The van der Waals surface area contributed by atoms with Gasteiger partial charge in [0.1, 0.15) is 0 Å². The number of carbonyl (C=O) groups is 1. The Morgan fingerprint density at radius 3 is 2.47 bits per heavy atom. The van der Waals surface area contributed by atoms with Gasteiger partial charge in [0.2, 0.25) is 0 Å². The van der Waals surface area contributed by atoms with Gasteiger partial charge >= 0.3 is 6.03 Å². The maximum atomic E-state index is 11.7. The number of methoxy groups -OCH3 is 1. The van der Waals surface area contributed by atoms with Gasteiger partial charge in [0.25, 0.3) is 0 Å². The van der Waals surface area contributed by atoms with Crippen molar-refractivity contribution in [1.29, 1.82) is 0 Å². The van der Waals surface area contributed by atoms with Crippen molar-refractivity contribution in [2.24, 2.45) is 4.99 Å². The normalized spacial score (nSPS) is 11.2. The Labute approximate surface area is 198 Å². The van der Waals surface area contributed by atoms with E-state index in [4.69, 9.17) is 4.74 Å². The fourth-order valence-electron chi connectivity index (χ4n) is 2.59. The van der Waals surface area contributed by atoms with Crippen molar-refractivity contribution in [1.82, 2.24) is 20.9 Å². The average Bonchev–Trinajstić information content (AvgIpc) is 2.66. The zero-order valence-electron chi connectivity index (χ0n) is 19.0. The van der Waals surface area contributed by atoms with E-state index in [0.29, 0.717) is 6.54 Å². The van der Waals surface area contributed by atoms with Crippen LogP contribution in [-0.4, -0.2) is 69.9 Å². The van der Waals surface area contributed by atoms with E-state index in [1.54, 1.807) is 7.11 Å². The van der Waals surface area contributed by atoms with Crippen LogP contribution in [0.5, 0.6) is 0 Å². The molecule has 172 valence electrons. The third-order valence-corrected chi connectivity index (χ3v) is 4.07. The number of halogens is 1. The average molecular weight is 534 g/mol. The maximum absolute atomic E-state index is 11.7.